The number of sulfonamides is 1. The van der Waals surface area contributed by atoms with Crippen LogP contribution in [0.25, 0.3) is 0 Å². The highest BCUT2D eigenvalue weighted by atomic mass is 32.2. The maximum absolute atomic E-state index is 16.0. The number of alkyl carbamates (subject to hydrolysis) is 1. The van der Waals surface area contributed by atoms with Crippen molar-refractivity contribution in [3.8, 4) is 0 Å². The summed E-state index contributed by atoms with van der Waals surface area (Å²) < 4.78 is 99.8. The zero-order valence-electron chi connectivity index (χ0n) is 54.1. The van der Waals surface area contributed by atoms with Gasteiger partial charge in [0.15, 0.2) is 30.3 Å². The average molecular weight is 1240 g/mol. The molecule has 22 atom stereocenters. The first-order valence-corrected chi connectivity index (χ1v) is 31.8. The van der Waals surface area contributed by atoms with E-state index in [4.69, 9.17) is 56.9 Å². The molecule has 0 saturated carbocycles. The van der Waals surface area contributed by atoms with Gasteiger partial charge in [-0.15, -0.1) is 0 Å². The monoisotopic (exact) mass is 1240 g/mol. The fraction of sp³-hybridized carbons (Fsp3) is 0.820. The Morgan fingerprint density at radius 2 is 1.49 bits per heavy atom. The van der Waals surface area contributed by atoms with Gasteiger partial charge in [-0.3, -0.25) is 14.4 Å². The molecule has 1 aromatic rings. The number of nitrogens with one attached hydrogen (secondary N) is 2. The number of carbonyl (C=O) groups excluding carboxylic acids is 4. The lowest BCUT2D eigenvalue weighted by Gasteiger charge is -2.45. The van der Waals surface area contributed by atoms with E-state index in [2.05, 4.69) is 20.1 Å². The van der Waals surface area contributed by atoms with Crippen LogP contribution in [0.3, 0.4) is 0 Å². The molecule has 5 rings (SSSR count). The summed E-state index contributed by atoms with van der Waals surface area (Å²) in [5.74, 6) is -8.09. The van der Waals surface area contributed by atoms with Gasteiger partial charge in [0.25, 0.3) is 0 Å². The summed E-state index contributed by atoms with van der Waals surface area (Å²) in [4.78, 5) is 67.6. The molecule has 0 bridgehead atoms. The minimum absolute atomic E-state index is 0.0128. The van der Waals surface area contributed by atoms with Crippen molar-refractivity contribution in [3.63, 3.8) is 0 Å². The van der Waals surface area contributed by atoms with E-state index in [1.54, 1.807) is 80.5 Å². The lowest BCUT2D eigenvalue weighted by molar-refractivity contribution is -0.305. The molecule has 4 saturated heterocycles. The lowest BCUT2D eigenvalue weighted by Crippen LogP contribution is -2.59. The molecule has 1 amide bonds. The number of Topliss-reactive ketones (excluding diaryl/α,β-unsaturated/α-hetero) is 1. The van der Waals surface area contributed by atoms with Crippen molar-refractivity contribution in [1.29, 1.82) is 0 Å². The number of cyclic esters (lactones) is 1. The number of hydrogen-bond donors (Lipinski definition) is 4. The second kappa shape index (κ2) is 31.7. The predicted octanol–water partition coefficient (Wildman–Crippen LogP) is 5.76. The smallest absolute Gasteiger partial charge is 0.408 e. The first kappa shape index (κ1) is 72.8. The van der Waals surface area contributed by atoms with Gasteiger partial charge < -0.3 is 77.4 Å². The molecule has 4 heterocycles. The fourth-order valence-corrected chi connectivity index (χ4v) is 13.5. The van der Waals surface area contributed by atoms with Crippen molar-refractivity contribution in [3.05, 3.63) is 30.3 Å². The van der Waals surface area contributed by atoms with E-state index < -0.39 is 160 Å². The highest BCUT2D eigenvalue weighted by molar-refractivity contribution is 7.89. The second-order valence-corrected chi connectivity index (χ2v) is 27.6. The third-order valence-corrected chi connectivity index (χ3v) is 18.5. The number of carbonyl (C=O) groups is 4. The summed E-state index contributed by atoms with van der Waals surface area (Å²) in [7, 11) is 2.20. The van der Waals surface area contributed by atoms with Crippen LogP contribution >= 0.6 is 0 Å². The summed E-state index contributed by atoms with van der Waals surface area (Å²) in [6.07, 6.45) is -14.7. The molecule has 24 nitrogen and oxygen atoms in total. The van der Waals surface area contributed by atoms with Crippen LogP contribution in [0.1, 0.15) is 130 Å². The molecular formula is C61H102N4O20S. The number of nitrogens with zero attached hydrogens (tertiary/aromatic N) is 2. The SMILES string of the molecule is CON=C1CC(C)OC(OC2C(C)CC(C)(OC(=O)NC(C)(C)CNS(=O)(=O)c3ccccc3)C(=O)C(C)C(OC(=O)CC(C)C)C(C)C(C(C)COC3OC(C)C(O)C(OC)C3OC)OC(=O)C(C)C(OC3CC(C)N(C)CC(C)O3)C2C)C1O. The Balaban J connectivity index is 1.71. The van der Waals surface area contributed by atoms with Crippen LogP contribution < -0.4 is 10.0 Å². The Hall–Kier alpha value is -3.96. The van der Waals surface area contributed by atoms with Gasteiger partial charge in [-0.1, -0.05) is 71.8 Å². The topological polar surface area (TPSA) is 293 Å². The van der Waals surface area contributed by atoms with Crippen LogP contribution in [0.5, 0.6) is 0 Å². The average Bonchev–Trinajstić information content (AvgIpc) is 1.23. The number of benzene rings is 1. The molecule has 1 aromatic carbocycles. The van der Waals surface area contributed by atoms with E-state index in [1.165, 1.54) is 40.4 Å². The summed E-state index contributed by atoms with van der Waals surface area (Å²) in [5, 5.41) is 29.7. The van der Waals surface area contributed by atoms with Crippen molar-refractivity contribution in [1.82, 2.24) is 14.9 Å². The number of amides is 1. The number of ketones is 1. The van der Waals surface area contributed by atoms with Gasteiger partial charge in [-0.2, -0.15) is 0 Å². The maximum atomic E-state index is 16.0. The Morgan fingerprint density at radius 3 is 2.10 bits per heavy atom. The molecule has 4 aliphatic rings. The molecule has 25 heteroatoms. The van der Waals surface area contributed by atoms with Crippen LogP contribution in [0.15, 0.2) is 40.4 Å². The number of rotatable bonds is 20. The van der Waals surface area contributed by atoms with E-state index >= 15 is 9.59 Å². The predicted molar refractivity (Wildman–Crippen MR) is 316 cm³/mol. The fourth-order valence-electron chi connectivity index (χ4n) is 12.3. The van der Waals surface area contributed by atoms with Gasteiger partial charge in [0.1, 0.15) is 43.7 Å². The Kier molecular flexibility index (Phi) is 26.8. The third-order valence-electron chi connectivity index (χ3n) is 17.1. The number of esters is 2. The Labute approximate surface area is 510 Å². The van der Waals surface area contributed by atoms with Gasteiger partial charge in [0, 0.05) is 70.4 Å². The van der Waals surface area contributed by atoms with Gasteiger partial charge in [-0.25, -0.2) is 17.9 Å². The number of hydrogen-bond acceptors (Lipinski definition) is 22. The van der Waals surface area contributed by atoms with Crippen LogP contribution in [0.2, 0.25) is 0 Å². The van der Waals surface area contributed by atoms with Gasteiger partial charge in [-0.05, 0) is 92.8 Å². The zero-order valence-corrected chi connectivity index (χ0v) is 54.9. The van der Waals surface area contributed by atoms with Crippen molar-refractivity contribution >= 4 is 39.6 Å². The van der Waals surface area contributed by atoms with Crippen LogP contribution in [-0.4, -0.2) is 204 Å². The number of aliphatic hydroxyl groups excluding tert-OH is 2. The van der Waals surface area contributed by atoms with E-state index in [0.29, 0.717) is 13.0 Å². The van der Waals surface area contributed by atoms with E-state index in [0.717, 1.165) is 0 Å². The molecule has 0 aromatic heterocycles. The molecule has 492 valence electrons. The lowest BCUT2D eigenvalue weighted by atomic mass is 9.74. The summed E-state index contributed by atoms with van der Waals surface area (Å²) in [6, 6.07) is 7.71. The summed E-state index contributed by atoms with van der Waals surface area (Å²) >= 11 is 0. The highest BCUT2D eigenvalue weighted by Crippen LogP contribution is 2.41. The highest BCUT2D eigenvalue weighted by Gasteiger charge is 2.53. The number of oxime groups is 1. The first-order valence-electron chi connectivity index (χ1n) is 30.3. The number of methoxy groups -OCH3 is 2. The van der Waals surface area contributed by atoms with Crippen molar-refractivity contribution in [2.24, 2.45) is 46.6 Å². The molecule has 86 heavy (non-hydrogen) atoms. The van der Waals surface area contributed by atoms with Gasteiger partial charge in [0.05, 0.1) is 65.1 Å². The van der Waals surface area contributed by atoms with Crippen LogP contribution in [0.4, 0.5) is 4.79 Å². The molecule has 4 aliphatic heterocycles. The second-order valence-electron chi connectivity index (χ2n) is 25.8. The normalized spacial score (nSPS) is 37.6. The summed E-state index contributed by atoms with van der Waals surface area (Å²) in [6.45, 7) is 26.2. The molecule has 0 aliphatic carbocycles. The molecule has 0 spiro atoms. The Morgan fingerprint density at radius 1 is 0.837 bits per heavy atom. The number of ether oxygens (including phenoxy) is 11. The largest absolute Gasteiger partial charge is 0.461 e. The van der Waals surface area contributed by atoms with E-state index in [9.17, 15) is 28.2 Å². The zero-order chi connectivity index (χ0) is 64.3. The van der Waals surface area contributed by atoms with Gasteiger partial charge >= 0.3 is 18.0 Å². The quantitative estimate of drug-likeness (QED) is 0.0685. The molecule has 0 radical (unpaired) electrons. The molecular weight excluding hydrogens is 1140 g/mol. The van der Waals surface area contributed by atoms with E-state index in [1.807, 2.05) is 41.7 Å². The van der Waals surface area contributed by atoms with Crippen LogP contribution in [-0.2, 0) is 81.3 Å². The minimum atomic E-state index is -4.03. The molecule has 22 unspecified atom stereocenters. The van der Waals surface area contributed by atoms with Crippen molar-refractivity contribution in [2.45, 2.75) is 238 Å². The standard InChI is InChI=1S/C61H102N4O20S/c1-32(2)25-45(66)81-51-39(9)50(34(4)30-77-58-54(75-18)53(74-17)47(67)42(12)80-58)83-56(70)41(11)52(82-46-26-35(5)65(16)29-37(7)78-46)38(8)49(84-57-48(68)44(64-76-19)27-36(6)79-57)33(3)28-61(15,55(69)40(51)10)85-59(71)63-60(13,14)31-62-86(72,73)43-23-21-20-22-24-43/h20-24,32-42,46-54,57-58,62,67-68H,25-31H2,1-19H3,(H,63,71). The summed E-state index contributed by atoms with van der Waals surface area (Å²) in [5.41, 5.74) is -3.19. The number of likely N-dealkylation sites (N-methyl/N-ethyl adjacent to an activating group) is 1. The van der Waals surface area contributed by atoms with Crippen molar-refractivity contribution < 1.29 is 94.8 Å². The molecule has 4 fully saturated rings. The third kappa shape index (κ3) is 19.0. The molecule has 4 N–H and O–H groups in total. The Bertz CT molecular complexity index is 2490. The van der Waals surface area contributed by atoms with Crippen LogP contribution in [0, 0.1) is 41.4 Å². The number of aliphatic hydroxyl groups is 2. The van der Waals surface area contributed by atoms with Gasteiger partial charge in [0.2, 0.25) is 10.0 Å². The van der Waals surface area contributed by atoms with E-state index in [-0.39, 0.29) is 61.1 Å². The first-order chi connectivity index (χ1) is 40.2. The maximum Gasteiger partial charge on any atom is 0.408 e. The minimum Gasteiger partial charge on any atom is -0.461 e. The van der Waals surface area contributed by atoms with Crippen molar-refractivity contribution in [2.75, 3.05) is 48.1 Å².